The maximum atomic E-state index is 12.7. The first-order valence-electron chi connectivity index (χ1n) is 10.4. The Hall–Kier alpha value is -3.94. The monoisotopic (exact) mass is 433 g/mol. The molecule has 2 N–H and O–H groups in total. The average Bonchev–Trinajstić information content (AvgIpc) is 3.26. The van der Waals surface area contributed by atoms with E-state index in [2.05, 4.69) is 15.8 Å². The Morgan fingerprint density at radius 1 is 1.00 bits per heavy atom. The number of amides is 2. The van der Waals surface area contributed by atoms with Crippen molar-refractivity contribution >= 4 is 23.5 Å². The summed E-state index contributed by atoms with van der Waals surface area (Å²) in [6, 6.07) is 13.6. The zero-order valence-corrected chi connectivity index (χ0v) is 17.6. The smallest absolute Gasteiger partial charge is 0.337 e. The molecule has 0 saturated carbocycles. The molecule has 8 nitrogen and oxygen atoms in total. The molecular weight excluding hydrogens is 410 g/mol. The number of aromatic nitrogens is 1. The number of hydrogen-bond acceptors (Lipinski definition) is 6. The molecule has 2 amide bonds. The van der Waals surface area contributed by atoms with Crippen LogP contribution in [0.2, 0.25) is 0 Å². The molecule has 8 heteroatoms. The van der Waals surface area contributed by atoms with Crippen LogP contribution in [0.25, 0.3) is 0 Å². The lowest BCUT2D eigenvalue weighted by Gasteiger charge is -2.12. The van der Waals surface area contributed by atoms with Crippen molar-refractivity contribution in [3.63, 3.8) is 0 Å². The third-order valence-corrected chi connectivity index (χ3v) is 5.33. The van der Waals surface area contributed by atoms with Gasteiger partial charge in [0.2, 0.25) is 5.76 Å². The first kappa shape index (κ1) is 21.3. The van der Waals surface area contributed by atoms with Gasteiger partial charge in [-0.15, -0.1) is 0 Å². The van der Waals surface area contributed by atoms with Crippen molar-refractivity contribution < 1.29 is 23.6 Å². The van der Waals surface area contributed by atoms with Crippen molar-refractivity contribution in [1.82, 2.24) is 10.5 Å². The first-order valence-corrected chi connectivity index (χ1v) is 10.4. The zero-order chi connectivity index (χ0) is 22.5. The second kappa shape index (κ2) is 9.47. The highest BCUT2D eigenvalue weighted by molar-refractivity contribution is 6.05. The highest BCUT2D eigenvalue weighted by Crippen LogP contribution is 2.24. The standard InChI is InChI=1S/C24H23N3O5/c1-31-24(30)17-11-15(12-18(13-17)26-22(28)16-7-3-2-4-8-16)14-25-23(29)21-19-9-5-6-10-20(19)27-32-21/h2-4,7-8,11-13H,5-6,9-10,14H2,1H3,(H,25,29)(H,26,28). The quantitative estimate of drug-likeness (QED) is 0.576. The number of nitrogens with one attached hydrogen (secondary N) is 2. The summed E-state index contributed by atoms with van der Waals surface area (Å²) in [5.41, 5.74) is 3.51. The van der Waals surface area contributed by atoms with Gasteiger partial charge in [0.1, 0.15) is 0 Å². The van der Waals surface area contributed by atoms with Gasteiger partial charge in [-0.1, -0.05) is 23.4 Å². The molecule has 4 rings (SSSR count). The number of hydrogen-bond donors (Lipinski definition) is 2. The first-order chi connectivity index (χ1) is 15.5. The Labute approximate surface area is 184 Å². The molecule has 0 atom stereocenters. The lowest BCUT2D eigenvalue weighted by atomic mass is 9.96. The molecule has 32 heavy (non-hydrogen) atoms. The Bertz CT molecular complexity index is 1150. The topological polar surface area (TPSA) is 111 Å². The van der Waals surface area contributed by atoms with Gasteiger partial charge in [0.05, 0.1) is 18.4 Å². The Balaban J connectivity index is 1.51. The summed E-state index contributed by atoms with van der Waals surface area (Å²) in [4.78, 5) is 37.3. The maximum Gasteiger partial charge on any atom is 0.337 e. The van der Waals surface area contributed by atoms with Crippen molar-refractivity contribution in [2.24, 2.45) is 0 Å². The van der Waals surface area contributed by atoms with E-state index >= 15 is 0 Å². The summed E-state index contributed by atoms with van der Waals surface area (Å²) in [5, 5.41) is 9.61. The molecule has 0 unspecified atom stereocenters. The van der Waals surface area contributed by atoms with E-state index < -0.39 is 5.97 Å². The van der Waals surface area contributed by atoms with Crippen LogP contribution in [-0.4, -0.2) is 30.1 Å². The van der Waals surface area contributed by atoms with Gasteiger partial charge in [0.15, 0.2) is 0 Å². The van der Waals surface area contributed by atoms with E-state index in [0.29, 0.717) is 16.8 Å². The third-order valence-electron chi connectivity index (χ3n) is 5.33. The van der Waals surface area contributed by atoms with Crippen LogP contribution >= 0.6 is 0 Å². The summed E-state index contributed by atoms with van der Waals surface area (Å²) in [5.74, 6) is -0.978. The number of aryl methyl sites for hydroxylation is 1. The molecule has 1 aliphatic rings. The minimum Gasteiger partial charge on any atom is -0.465 e. The largest absolute Gasteiger partial charge is 0.465 e. The number of nitrogens with zero attached hydrogens (tertiary/aromatic N) is 1. The average molecular weight is 433 g/mol. The lowest BCUT2D eigenvalue weighted by molar-refractivity contribution is 0.0600. The highest BCUT2D eigenvalue weighted by Gasteiger charge is 2.24. The van der Waals surface area contributed by atoms with E-state index in [0.717, 1.165) is 36.9 Å². The molecule has 0 aliphatic heterocycles. The number of methoxy groups -OCH3 is 1. The van der Waals surface area contributed by atoms with E-state index in [-0.39, 0.29) is 29.7 Å². The van der Waals surface area contributed by atoms with Crippen LogP contribution in [0.1, 0.15) is 60.9 Å². The van der Waals surface area contributed by atoms with Crippen molar-refractivity contribution in [3.05, 3.63) is 82.2 Å². The minimum absolute atomic E-state index is 0.132. The normalized spacial score (nSPS) is 12.5. The van der Waals surface area contributed by atoms with E-state index in [4.69, 9.17) is 9.26 Å². The molecule has 0 spiro atoms. The van der Waals surface area contributed by atoms with Crippen LogP contribution in [0.4, 0.5) is 5.69 Å². The summed E-state index contributed by atoms with van der Waals surface area (Å²) in [7, 11) is 1.28. The predicted octanol–water partition coefficient (Wildman–Crippen LogP) is 3.52. The van der Waals surface area contributed by atoms with Gasteiger partial charge in [-0.2, -0.15) is 0 Å². The van der Waals surface area contributed by atoms with Crippen molar-refractivity contribution in [3.8, 4) is 0 Å². The second-order valence-corrected chi connectivity index (χ2v) is 7.56. The number of carbonyl (C=O) groups is 3. The minimum atomic E-state index is -0.544. The number of carbonyl (C=O) groups excluding carboxylic acids is 3. The molecular formula is C24H23N3O5. The van der Waals surface area contributed by atoms with Crippen molar-refractivity contribution in [2.75, 3.05) is 12.4 Å². The number of anilines is 1. The number of ether oxygens (including phenoxy) is 1. The molecule has 1 heterocycles. The molecule has 1 aliphatic carbocycles. The Morgan fingerprint density at radius 3 is 2.56 bits per heavy atom. The SMILES string of the molecule is COC(=O)c1cc(CNC(=O)c2onc3c2CCCC3)cc(NC(=O)c2ccccc2)c1. The fourth-order valence-electron chi connectivity index (χ4n) is 3.73. The third kappa shape index (κ3) is 4.69. The molecule has 164 valence electrons. The lowest BCUT2D eigenvalue weighted by Crippen LogP contribution is -2.24. The maximum absolute atomic E-state index is 12.7. The van der Waals surface area contributed by atoms with Gasteiger partial charge in [-0.3, -0.25) is 9.59 Å². The molecule has 2 aromatic carbocycles. The van der Waals surface area contributed by atoms with E-state index in [9.17, 15) is 14.4 Å². The summed E-state index contributed by atoms with van der Waals surface area (Å²) in [6.07, 6.45) is 3.63. The van der Waals surface area contributed by atoms with Crippen LogP contribution < -0.4 is 10.6 Å². The number of rotatable bonds is 6. The molecule has 0 radical (unpaired) electrons. The van der Waals surface area contributed by atoms with Crippen LogP contribution in [0.5, 0.6) is 0 Å². The van der Waals surface area contributed by atoms with Gasteiger partial charge in [0.25, 0.3) is 11.8 Å². The van der Waals surface area contributed by atoms with E-state index in [1.54, 1.807) is 36.4 Å². The molecule has 3 aromatic rings. The van der Waals surface area contributed by atoms with E-state index in [1.165, 1.54) is 13.2 Å². The van der Waals surface area contributed by atoms with Crippen LogP contribution in [0.3, 0.4) is 0 Å². The Morgan fingerprint density at radius 2 is 1.78 bits per heavy atom. The number of fused-ring (bicyclic) bond motifs is 1. The van der Waals surface area contributed by atoms with Crippen molar-refractivity contribution in [1.29, 1.82) is 0 Å². The van der Waals surface area contributed by atoms with Gasteiger partial charge in [0, 0.05) is 23.4 Å². The van der Waals surface area contributed by atoms with Gasteiger partial charge in [-0.05, 0) is 61.6 Å². The van der Waals surface area contributed by atoms with Gasteiger partial charge >= 0.3 is 5.97 Å². The highest BCUT2D eigenvalue weighted by atomic mass is 16.5. The summed E-state index contributed by atoms with van der Waals surface area (Å²) < 4.78 is 10.1. The molecule has 0 fully saturated rings. The second-order valence-electron chi connectivity index (χ2n) is 7.56. The van der Waals surface area contributed by atoms with Crippen LogP contribution in [0, 0.1) is 0 Å². The molecule has 0 bridgehead atoms. The van der Waals surface area contributed by atoms with Crippen molar-refractivity contribution in [2.45, 2.75) is 32.2 Å². The summed E-state index contributed by atoms with van der Waals surface area (Å²) >= 11 is 0. The zero-order valence-electron chi connectivity index (χ0n) is 17.6. The fraction of sp³-hybridized carbons (Fsp3) is 0.250. The van der Waals surface area contributed by atoms with Gasteiger partial charge in [-0.25, -0.2) is 4.79 Å². The predicted molar refractivity (Wildman–Crippen MR) is 116 cm³/mol. The number of benzene rings is 2. The summed E-state index contributed by atoms with van der Waals surface area (Å²) in [6.45, 7) is 0.132. The van der Waals surface area contributed by atoms with Crippen LogP contribution in [0.15, 0.2) is 53.1 Å². The van der Waals surface area contributed by atoms with E-state index in [1.807, 2.05) is 6.07 Å². The molecule has 0 saturated heterocycles. The molecule has 1 aromatic heterocycles. The van der Waals surface area contributed by atoms with Gasteiger partial charge < -0.3 is 19.9 Å². The van der Waals surface area contributed by atoms with Crippen LogP contribution in [-0.2, 0) is 24.1 Å². The number of esters is 1. The fourth-order valence-corrected chi connectivity index (χ4v) is 3.73. The Kier molecular flexibility index (Phi) is 6.30.